The van der Waals surface area contributed by atoms with E-state index in [-0.39, 0.29) is 11.3 Å². The molecule has 98 valence electrons. The van der Waals surface area contributed by atoms with Crippen LogP contribution in [0.25, 0.3) is 0 Å². The summed E-state index contributed by atoms with van der Waals surface area (Å²) >= 11 is 5.89. The second-order valence-electron chi connectivity index (χ2n) is 5.96. The summed E-state index contributed by atoms with van der Waals surface area (Å²) in [7, 11) is 0. The molecule has 1 amide bonds. The Morgan fingerprint density at radius 2 is 2.22 bits per heavy atom. The standard InChI is InChI=1S/C14H19ClN2O/c1-14(2,3)10-5-7-17(9-10)13(18)12-8-11(15)4-6-16-12/h4,6,8,10H,5,7,9H2,1-3H3. The molecule has 0 spiro atoms. The Bertz CT molecular complexity index is 453. The number of hydrogen-bond donors (Lipinski definition) is 0. The van der Waals surface area contributed by atoms with Crippen molar-refractivity contribution in [2.75, 3.05) is 13.1 Å². The molecule has 1 atom stereocenters. The maximum Gasteiger partial charge on any atom is 0.272 e. The number of amides is 1. The minimum atomic E-state index is -0.00995. The molecule has 1 saturated heterocycles. The summed E-state index contributed by atoms with van der Waals surface area (Å²) in [5, 5.41) is 0.555. The lowest BCUT2D eigenvalue weighted by Gasteiger charge is -2.26. The van der Waals surface area contributed by atoms with Gasteiger partial charge in [-0.2, -0.15) is 0 Å². The predicted molar refractivity (Wildman–Crippen MR) is 72.7 cm³/mol. The number of rotatable bonds is 1. The molecule has 2 heterocycles. The Hall–Kier alpha value is -1.09. The monoisotopic (exact) mass is 266 g/mol. The zero-order valence-corrected chi connectivity index (χ0v) is 11.9. The number of nitrogens with zero attached hydrogens (tertiary/aromatic N) is 2. The summed E-state index contributed by atoms with van der Waals surface area (Å²) in [6, 6.07) is 3.31. The van der Waals surface area contributed by atoms with Gasteiger partial charge in [-0.3, -0.25) is 9.78 Å². The van der Waals surface area contributed by atoms with Crippen molar-refractivity contribution in [2.24, 2.45) is 11.3 Å². The average Bonchev–Trinajstić information content (AvgIpc) is 2.77. The minimum absolute atomic E-state index is 0.00995. The molecule has 0 aliphatic carbocycles. The van der Waals surface area contributed by atoms with Crippen LogP contribution >= 0.6 is 11.6 Å². The van der Waals surface area contributed by atoms with Crippen LogP contribution in [0, 0.1) is 11.3 Å². The number of carbonyl (C=O) groups excluding carboxylic acids is 1. The predicted octanol–water partition coefficient (Wildman–Crippen LogP) is 3.24. The molecule has 1 aliphatic heterocycles. The van der Waals surface area contributed by atoms with E-state index in [9.17, 15) is 4.79 Å². The van der Waals surface area contributed by atoms with Crippen LogP contribution in [0.15, 0.2) is 18.3 Å². The van der Waals surface area contributed by atoms with E-state index in [2.05, 4.69) is 25.8 Å². The van der Waals surface area contributed by atoms with Crippen LogP contribution in [-0.4, -0.2) is 28.9 Å². The topological polar surface area (TPSA) is 33.2 Å². The number of likely N-dealkylation sites (tertiary alicyclic amines) is 1. The van der Waals surface area contributed by atoms with Gasteiger partial charge in [0.1, 0.15) is 5.69 Å². The fourth-order valence-corrected chi connectivity index (χ4v) is 2.50. The number of hydrogen-bond acceptors (Lipinski definition) is 2. The molecular formula is C14H19ClN2O. The van der Waals surface area contributed by atoms with Crippen LogP contribution in [0.5, 0.6) is 0 Å². The third-order valence-electron chi connectivity index (χ3n) is 3.64. The highest BCUT2D eigenvalue weighted by Crippen LogP contribution is 2.33. The lowest BCUT2D eigenvalue weighted by Crippen LogP contribution is -2.31. The van der Waals surface area contributed by atoms with Gasteiger partial charge in [-0.15, -0.1) is 0 Å². The number of halogens is 1. The van der Waals surface area contributed by atoms with E-state index in [1.807, 2.05) is 4.90 Å². The Labute approximate surface area is 113 Å². The molecule has 0 radical (unpaired) electrons. The van der Waals surface area contributed by atoms with E-state index < -0.39 is 0 Å². The Morgan fingerprint density at radius 1 is 1.50 bits per heavy atom. The summed E-state index contributed by atoms with van der Waals surface area (Å²) in [4.78, 5) is 18.3. The summed E-state index contributed by atoms with van der Waals surface area (Å²) < 4.78 is 0. The summed E-state index contributed by atoms with van der Waals surface area (Å²) in [5.41, 5.74) is 0.689. The molecule has 4 heteroatoms. The normalized spacial score (nSPS) is 20.2. The molecule has 3 nitrogen and oxygen atoms in total. The molecule has 0 aromatic carbocycles. The zero-order chi connectivity index (χ0) is 13.3. The molecule has 18 heavy (non-hydrogen) atoms. The van der Waals surface area contributed by atoms with E-state index in [4.69, 9.17) is 11.6 Å². The SMILES string of the molecule is CC(C)(C)C1CCN(C(=O)c2cc(Cl)ccn2)C1. The van der Waals surface area contributed by atoms with Gasteiger partial charge in [0.15, 0.2) is 0 Å². The third-order valence-corrected chi connectivity index (χ3v) is 3.88. The zero-order valence-electron chi connectivity index (χ0n) is 11.1. The van der Waals surface area contributed by atoms with Crippen molar-refractivity contribution in [3.05, 3.63) is 29.0 Å². The van der Waals surface area contributed by atoms with Crippen molar-refractivity contribution in [1.29, 1.82) is 0 Å². The van der Waals surface area contributed by atoms with Crippen LogP contribution < -0.4 is 0 Å². The second-order valence-corrected chi connectivity index (χ2v) is 6.40. The van der Waals surface area contributed by atoms with Gasteiger partial charge < -0.3 is 4.90 Å². The van der Waals surface area contributed by atoms with Gasteiger partial charge in [-0.25, -0.2) is 0 Å². The van der Waals surface area contributed by atoms with Crippen molar-refractivity contribution in [1.82, 2.24) is 9.88 Å². The molecule has 1 unspecified atom stereocenters. The largest absolute Gasteiger partial charge is 0.337 e. The van der Waals surface area contributed by atoms with Crippen LogP contribution in [0.4, 0.5) is 0 Å². The van der Waals surface area contributed by atoms with Gasteiger partial charge in [0.25, 0.3) is 5.91 Å². The number of carbonyl (C=O) groups is 1. The minimum Gasteiger partial charge on any atom is -0.337 e. The van der Waals surface area contributed by atoms with Gasteiger partial charge in [-0.1, -0.05) is 32.4 Å². The highest BCUT2D eigenvalue weighted by Gasteiger charge is 2.34. The lowest BCUT2D eigenvalue weighted by atomic mass is 9.80. The number of pyridine rings is 1. The molecule has 0 saturated carbocycles. The van der Waals surface area contributed by atoms with Gasteiger partial charge >= 0.3 is 0 Å². The van der Waals surface area contributed by atoms with E-state index in [0.29, 0.717) is 16.6 Å². The van der Waals surface area contributed by atoms with E-state index >= 15 is 0 Å². The maximum atomic E-state index is 12.3. The summed E-state index contributed by atoms with van der Waals surface area (Å²) in [6.45, 7) is 8.31. The van der Waals surface area contributed by atoms with Crippen LogP contribution in [0.1, 0.15) is 37.7 Å². The Kier molecular flexibility index (Phi) is 3.62. The molecule has 1 fully saturated rings. The highest BCUT2D eigenvalue weighted by molar-refractivity contribution is 6.30. The maximum absolute atomic E-state index is 12.3. The van der Waals surface area contributed by atoms with Crippen molar-refractivity contribution < 1.29 is 4.79 Å². The highest BCUT2D eigenvalue weighted by atomic mass is 35.5. The van der Waals surface area contributed by atoms with E-state index in [1.165, 1.54) is 0 Å². The first kappa shape index (κ1) is 13.3. The Balaban J connectivity index is 2.08. The molecule has 0 N–H and O–H groups in total. The van der Waals surface area contributed by atoms with E-state index in [1.54, 1.807) is 18.3 Å². The molecule has 0 bridgehead atoms. The first-order valence-corrected chi connectivity index (χ1v) is 6.66. The quantitative estimate of drug-likeness (QED) is 0.782. The molecular weight excluding hydrogens is 248 g/mol. The smallest absolute Gasteiger partial charge is 0.272 e. The van der Waals surface area contributed by atoms with E-state index in [0.717, 1.165) is 19.5 Å². The van der Waals surface area contributed by atoms with Crippen molar-refractivity contribution >= 4 is 17.5 Å². The van der Waals surface area contributed by atoms with Gasteiger partial charge in [-0.05, 0) is 29.9 Å². The van der Waals surface area contributed by atoms with Crippen LogP contribution in [0.2, 0.25) is 5.02 Å². The van der Waals surface area contributed by atoms with Gasteiger partial charge in [0, 0.05) is 24.3 Å². The van der Waals surface area contributed by atoms with Gasteiger partial charge in [0.05, 0.1) is 0 Å². The second kappa shape index (κ2) is 4.88. The van der Waals surface area contributed by atoms with Crippen molar-refractivity contribution in [2.45, 2.75) is 27.2 Å². The van der Waals surface area contributed by atoms with Crippen molar-refractivity contribution in [3.63, 3.8) is 0 Å². The molecule has 1 aromatic heterocycles. The Morgan fingerprint density at radius 3 is 2.78 bits per heavy atom. The third kappa shape index (κ3) is 2.83. The summed E-state index contributed by atoms with van der Waals surface area (Å²) in [5.74, 6) is 0.546. The molecule has 1 aromatic rings. The molecule has 2 rings (SSSR count). The van der Waals surface area contributed by atoms with Gasteiger partial charge in [0.2, 0.25) is 0 Å². The number of aromatic nitrogens is 1. The average molecular weight is 267 g/mol. The summed E-state index contributed by atoms with van der Waals surface area (Å²) in [6.07, 6.45) is 2.64. The fraction of sp³-hybridized carbons (Fsp3) is 0.571. The first-order valence-electron chi connectivity index (χ1n) is 6.29. The van der Waals surface area contributed by atoms with Crippen LogP contribution in [0.3, 0.4) is 0 Å². The lowest BCUT2D eigenvalue weighted by molar-refractivity contribution is 0.0771. The van der Waals surface area contributed by atoms with Crippen LogP contribution in [-0.2, 0) is 0 Å². The fourth-order valence-electron chi connectivity index (χ4n) is 2.34. The first-order chi connectivity index (χ1) is 8.38. The molecule has 1 aliphatic rings. The van der Waals surface area contributed by atoms with Crippen molar-refractivity contribution in [3.8, 4) is 0 Å².